The van der Waals surface area contributed by atoms with E-state index >= 15 is 0 Å². The van der Waals surface area contributed by atoms with Gasteiger partial charge in [-0.25, -0.2) is 4.98 Å². The Labute approximate surface area is 99.3 Å². The van der Waals surface area contributed by atoms with E-state index in [0.717, 1.165) is 10.5 Å². The van der Waals surface area contributed by atoms with E-state index in [-0.39, 0.29) is 5.69 Å². The molecule has 5 heteroatoms. The summed E-state index contributed by atoms with van der Waals surface area (Å²) in [4.78, 5) is 16.4. The lowest BCUT2D eigenvalue weighted by molar-refractivity contribution is -0.873. The van der Waals surface area contributed by atoms with Crippen molar-refractivity contribution < 1.29 is 14.8 Å². The molecule has 0 aliphatic rings. The van der Waals surface area contributed by atoms with Gasteiger partial charge in [-0.15, -0.1) is 0 Å². The number of nitrogens with one attached hydrogen (secondary N) is 1. The van der Waals surface area contributed by atoms with Gasteiger partial charge < -0.3 is 14.8 Å². The predicted molar refractivity (Wildman–Crippen MR) is 60.8 cm³/mol. The molecule has 90 valence electrons. The van der Waals surface area contributed by atoms with Gasteiger partial charge in [0.05, 0.1) is 20.1 Å². The summed E-state index contributed by atoms with van der Waals surface area (Å²) < 4.78 is 1.83. The molecule has 0 unspecified atom stereocenters. The van der Waals surface area contributed by atoms with E-state index in [2.05, 4.69) is 4.98 Å². The minimum atomic E-state index is -1.22. The van der Waals surface area contributed by atoms with Crippen LogP contribution in [0.15, 0.2) is 18.3 Å². The van der Waals surface area contributed by atoms with Crippen molar-refractivity contribution in [3.63, 3.8) is 0 Å². The first-order valence-corrected chi connectivity index (χ1v) is 5.47. The van der Waals surface area contributed by atoms with Gasteiger partial charge in [0.25, 0.3) is 0 Å². The van der Waals surface area contributed by atoms with Crippen LogP contribution in [0.25, 0.3) is 5.65 Å². The van der Waals surface area contributed by atoms with Crippen LogP contribution in [0, 0.1) is 6.92 Å². The summed E-state index contributed by atoms with van der Waals surface area (Å²) in [5.74, 6) is -1.22. The topological polar surface area (TPSA) is 61.9 Å². The molecule has 0 atom stereocenters. The summed E-state index contributed by atoms with van der Waals surface area (Å²) in [7, 11) is 3.93. The number of hydrogen-bond acceptors (Lipinski definition) is 3. The Bertz CT molecular complexity index is 572. The molecule has 0 aliphatic carbocycles. The normalized spacial score (nSPS) is 11.3. The molecule has 2 aromatic heterocycles. The number of carboxylic acid groups (broad SMARTS) is 1. The van der Waals surface area contributed by atoms with Gasteiger partial charge in [0.15, 0.2) is 0 Å². The summed E-state index contributed by atoms with van der Waals surface area (Å²) in [5.41, 5.74) is 2.36. The Morgan fingerprint density at radius 1 is 1.53 bits per heavy atom. The van der Waals surface area contributed by atoms with Crippen molar-refractivity contribution in [3.05, 3.63) is 35.3 Å². The highest BCUT2D eigenvalue weighted by atomic mass is 16.4. The van der Waals surface area contributed by atoms with Gasteiger partial charge >= 0.3 is 0 Å². The number of carboxylic acids is 1. The third-order valence-electron chi connectivity index (χ3n) is 2.66. The van der Waals surface area contributed by atoms with Crippen LogP contribution in [0.2, 0.25) is 0 Å². The van der Waals surface area contributed by atoms with Gasteiger partial charge in [0.2, 0.25) is 0 Å². The largest absolute Gasteiger partial charge is 0.543 e. The number of pyridine rings is 1. The minimum absolute atomic E-state index is 0.0421. The molecule has 0 spiro atoms. The number of fused-ring (bicyclic) bond motifs is 1. The zero-order valence-corrected chi connectivity index (χ0v) is 10.2. The second-order valence-corrected chi connectivity index (χ2v) is 4.46. The third kappa shape index (κ3) is 2.01. The van der Waals surface area contributed by atoms with Crippen LogP contribution < -0.4 is 10.0 Å². The molecule has 0 aromatic carbocycles. The molecule has 2 heterocycles. The first-order valence-electron chi connectivity index (χ1n) is 5.47. The van der Waals surface area contributed by atoms with Crippen LogP contribution in [-0.2, 0) is 6.54 Å². The van der Waals surface area contributed by atoms with Crippen molar-refractivity contribution in [1.82, 2.24) is 9.38 Å². The maximum Gasteiger partial charge on any atom is 0.140 e. The number of aromatic nitrogens is 2. The van der Waals surface area contributed by atoms with Gasteiger partial charge in [0.1, 0.15) is 23.6 Å². The number of quaternary nitrogens is 1. The van der Waals surface area contributed by atoms with Gasteiger partial charge in [-0.05, 0) is 18.6 Å². The second-order valence-electron chi connectivity index (χ2n) is 4.46. The quantitative estimate of drug-likeness (QED) is 0.713. The molecule has 0 bridgehead atoms. The summed E-state index contributed by atoms with van der Waals surface area (Å²) in [5, 5.41) is 11.1. The lowest BCUT2D eigenvalue weighted by atomic mass is 10.3. The molecule has 0 saturated carbocycles. The minimum Gasteiger partial charge on any atom is -0.543 e. The second kappa shape index (κ2) is 4.18. The van der Waals surface area contributed by atoms with Crippen LogP contribution >= 0.6 is 0 Å². The van der Waals surface area contributed by atoms with Gasteiger partial charge in [-0.1, -0.05) is 6.07 Å². The summed E-state index contributed by atoms with van der Waals surface area (Å²) in [6.45, 7) is 2.50. The van der Waals surface area contributed by atoms with Crippen LogP contribution in [0.1, 0.15) is 21.7 Å². The van der Waals surface area contributed by atoms with Gasteiger partial charge in [-0.3, -0.25) is 4.40 Å². The molecule has 0 aliphatic heterocycles. The molecule has 1 N–H and O–H groups in total. The lowest BCUT2D eigenvalue weighted by Crippen LogP contribution is -3.04. The van der Waals surface area contributed by atoms with E-state index in [0.29, 0.717) is 17.9 Å². The average molecular weight is 233 g/mol. The highest BCUT2D eigenvalue weighted by Gasteiger charge is 2.16. The molecule has 0 radical (unpaired) electrons. The number of rotatable bonds is 3. The number of imidazole rings is 1. The highest BCUT2D eigenvalue weighted by Crippen LogP contribution is 2.14. The molecule has 0 saturated heterocycles. The van der Waals surface area contributed by atoms with Crippen LogP contribution in [0.3, 0.4) is 0 Å². The number of carbonyl (C=O) groups is 1. The molecular weight excluding hydrogens is 218 g/mol. The number of aromatic carboxylic acids is 1. The molecule has 5 nitrogen and oxygen atoms in total. The van der Waals surface area contributed by atoms with Crippen molar-refractivity contribution in [2.75, 3.05) is 14.1 Å². The molecule has 0 fully saturated rings. The summed E-state index contributed by atoms with van der Waals surface area (Å²) in [6, 6.07) is 3.80. The SMILES string of the molecule is Cc1cccn2c(C[NH+](C)C)c(C(=O)[O-])nc12. The van der Waals surface area contributed by atoms with Crippen LogP contribution in [0.4, 0.5) is 0 Å². The standard InChI is InChI=1S/C12H15N3O2/c1-8-5-4-6-15-9(7-14(2)3)10(12(16)17)13-11(8)15/h4-6H,7H2,1-3H3,(H,16,17). The fraction of sp³-hybridized carbons (Fsp3) is 0.333. The fourth-order valence-corrected chi connectivity index (χ4v) is 1.92. The number of carbonyl (C=O) groups excluding carboxylic acids is 1. The van der Waals surface area contributed by atoms with E-state index in [4.69, 9.17) is 0 Å². The fourth-order valence-electron chi connectivity index (χ4n) is 1.92. The number of hydrogen-bond donors (Lipinski definition) is 1. The lowest BCUT2D eigenvalue weighted by Gasteiger charge is -2.09. The Kier molecular flexibility index (Phi) is 2.85. The average Bonchev–Trinajstić information content (AvgIpc) is 2.58. The van der Waals surface area contributed by atoms with E-state index in [9.17, 15) is 9.90 Å². The number of nitrogens with zero attached hydrogens (tertiary/aromatic N) is 2. The monoisotopic (exact) mass is 233 g/mol. The third-order valence-corrected chi connectivity index (χ3v) is 2.66. The maximum atomic E-state index is 11.1. The van der Waals surface area contributed by atoms with Crippen LogP contribution in [0.5, 0.6) is 0 Å². The summed E-state index contributed by atoms with van der Waals surface area (Å²) >= 11 is 0. The summed E-state index contributed by atoms with van der Waals surface area (Å²) in [6.07, 6.45) is 1.83. The number of aryl methyl sites for hydroxylation is 1. The molecule has 2 rings (SSSR count). The molecule has 17 heavy (non-hydrogen) atoms. The Hall–Kier alpha value is -1.88. The Morgan fingerprint density at radius 3 is 2.82 bits per heavy atom. The van der Waals surface area contributed by atoms with E-state index in [1.165, 1.54) is 0 Å². The zero-order valence-electron chi connectivity index (χ0n) is 10.2. The first kappa shape index (κ1) is 11.6. The first-order chi connectivity index (χ1) is 8.00. The van der Waals surface area contributed by atoms with E-state index in [1.807, 2.05) is 43.7 Å². The zero-order chi connectivity index (χ0) is 12.6. The van der Waals surface area contributed by atoms with Crippen molar-refractivity contribution >= 4 is 11.6 Å². The molecule has 0 amide bonds. The smallest absolute Gasteiger partial charge is 0.140 e. The van der Waals surface area contributed by atoms with Crippen molar-refractivity contribution in [3.8, 4) is 0 Å². The van der Waals surface area contributed by atoms with Gasteiger partial charge in [0, 0.05) is 6.20 Å². The molecular formula is C12H15N3O2. The van der Waals surface area contributed by atoms with Crippen molar-refractivity contribution in [2.24, 2.45) is 0 Å². The van der Waals surface area contributed by atoms with Gasteiger partial charge in [-0.2, -0.15) is 0 Å². The predicted octanol–water partition coefficient (Wildman–Crippen LogP) is -1.35. The van der Waals surface area contributed by atoms with E-state index in [1.54, 1.807) is 0 Å². The Morgan fingerprint density at radius 2 is 2.24 bits per heavy atom. The molecule has 2 aromatic rings. The highest BCUT2D eigenvalue weighted by molar-refractivity contribution is 5.86. The Balaban J connectivity index is 2.71. The van der Waals surface area contributed by atoms with Crippen molar-refractivity contribution in [2.45, 2.75) is 13.5 Å². The van der Waals surface area contributed by atoms with Crippen molar-refractivity contribution in [1.29, 1.82) is 0 Å². The van der Waals surface area contributed by atoms with Crippen LogP contribution in [-0.4, -0.2) is 29.4 Å². The van der Waals surface area contributed by atoms with E-state index < -0.39 is 5.97 Å². The maximum absolute atomic E-state index is 11.1.